The molecular formula is C13H17N3O3S. The van der Waals surface area contributed by atoms with E-state index in [1.165, 1.54) is 6.20 Å². The molecule has 108 valence electrons. The summed E-state index contributed by atoms with van der Waals surface area (Å²) in [4.78, 5) is 0.266. The molecule has 1 aromatic heterocycles. The number of sulfonamides is 1. The summed E-state index contributed by atoms with van der Waals surface area (Å²) < 4.78 is 32.1. The van der Waals surface area contributed by atoms with Crippen LogP contribution in [0.15, 0.2) is 39.9 Å². The predicted octanol–water partition coefficient (Wildman–Crippen LogP) is 1.17. The molecule has 0 spiro atoms. The van der Waals surface area contributed by atoms with Gasteiger partial charge in [0.25, 0.3) is 0 Å². The van der Waals surface area contributed by atoms with E-state index in [-0.39, 0.29) is 11.4 Å². The minimum absolute atomic E-state index is 0.0678. The van der Waals surface area contributed by atoms with Gasteiger partial charge in [-0.05, 0) is 23.6 Å². The summed E-state index contributed by atoms with van der Waals surface area (Å²) in [5.41, 5.74) is 7.10. The standard InChI is InChI=1S/C13H17N3O3S/c1-2-11-4-3-10(8-14)7-13(11)20(17,18)16-9-12-5-6-15-19-12/h3-7,16H,2,8-9,14H2,1H3. The van der Waals surface area contributed by atoms with Crippen molar-refractivity contribution in [1.29, 1.82) is 0 Å². The van der Waals surface area contributed by atoms with Gasteiger partial charge in [-0.15, -0.1) is 0 Å². The summed E-state index contributed by atoms with van der Waals surface area (Å²) in [5, 5.41) is 3.53. The molecule has 0 fully saturated rings. The van der Waals surface area contributed by atoms with E-state index in [0.717, 1.165) is 11.1 Å². The Hall–Kier alpha value is -1.70. The van der Waals surface area contributed by atoms with Crippen LogP contribution in [-0.2, 0) is 29.5 Å². The van der Waals surface area contributed by atoms with Crippen LogP contribution in [0.3, 0.4) is 0 Å². The quantitative estimate of drug-likeness (QED) is 0.833. The molecule has 0 radical (unpaired) electrons. The number of hydrogen-bond acceptors (Lipinski definition) is 5. The Morgan fingerprint density at radius 3 is 2.75 bits per heavy atom. The van der Waals surface area contributed by atoms with Gasteiger partial charge >= 0.3 is 0 Å². The maximum Gasteiger partial charge on any atom is 0.241 e. The minimum atomic E-state index is -3.61. The third-order valence-corrected chi connectivity index (χ3v) is 4.45. The first-order chi connectivity index (χ1) is 9.56. The van der Waals surface area contributed by atoms with E-state index in [0.29, 0.717) is 18.7 Å². The predicted molar refractivity (Wildman–Crippen MR) is 74.2 cm³/mol. The molecule has 3 N–H and O–H groups in total. The van der Waals surface area contributed by atoms with Gasteiger partial charge in [0.05, 0.1) is 17.6 Å². The van der Waals surface area contributed by atoms with Crippen molar-refractivity contribution in [2.24, 2.45) is 5.73 Å². The molecule has 0 saturated carbocycles. The molecule has 7 heteroatoms. The van der Waals surface area contributed by atoms with Gasteiger partial charge in [0.15, 0.2) is 5.76 Å². The first kappa shape index (κ1) is 14.7. The third-order valence-electron chi connectivity index (χ3n) is 2.97. The third kappa shape index (κ3) is 3.24. The van der Waals surface area contributed by atoms with Gasteiger partial charge in [-0.25, -0.2) is 13.1 Å². The van der Waals surface area contributed by atoms with Gasteiger partial charge in [-0.1, -0.05) is 24.2 Å². The van der Waals surface area contributed by atoms with Gasteiger partial charge in [0.1, 0.15) is 0 Å². The van der Waals surface area contributed by atoms with E-state index in [9.17, 15) is 8.42 Å². The van der Waals surface area contributed by atoms with Gasteiger partial charge in [0, 0.05) is 12.6 Å². The maximum atomic E-state index is 12.4. The number of aromatic nitrogens is 1. The van der Waals surface area contributed by atoms with Crippen LogP contribution < -0.4 is 10.5 Å². The van der Waals surface area contributed by atoms with Crippen LogP contribution in [0.25, 0.3) is 0 Å². The van der Waals surface area contributed by atoms with E-state index in [1.807, 2.05) is 13.0 Å². The lowest BCUT2D eigenvalue weighted by Gasteiger charge is -2.11. The Bertz CT molecular complexity index is 666. The number of nitrogens with zero attached hydrogens (tertiary/aromatic N) is 1. The van der Waals surface area contributed by atoms with Crippen LogP contribution >= 0.6 is 0 Å². The van der Waals surface area contributed by atoms with E-state index in [2.05, 4.69) is 9.88 Å². The average Bonchev–Trinajstić information content (AvgIpc) is 2.98. The van der Waals surface area contributed by atoms with E-state index in [4.69, 9.17) is 10.3 Å². The lowest BCUT2D eigenvalue weighted by Crippen LogP contribution is -2.24. The van der Waals surface area contributed by atoms with Crippen LogP contribution in [0.4, 0.5) is 0 Å². The molecule has 0 saturated heterocycles. The summed E-state index contributed by atoms with van der Waals surface area (Å²) >= 11 is 0. The van der Waals surface area contributed by atoms with Crippen molar-refractivity contribution in [3.8, 4) is 0 Å². The molecule has 2 rings (SSSR count). The fourth-order valence-corrected chi connectivity index (χ4v) is 3.20. The molecule has 0 bridgehead atoms. The van der Waals surface area contributed by atoms with Crippen molar-refractivity contribution < 1.29 is 12.9 Å². The molecule has 6 nitrogen and oxygen atoms in total. The van der Waals surface area contributed by atoms with Crippen molar-refractivity contribution in [1.82, 2.24) is 9.88 Å². The van der Waals surface area contributed by atoms with E-state index < -0.39 is 10.0 Å². The van der Waals surface area contributed by atoms with Crippen molar-refractivity contribution in [2.75, 3.05) is 0 Å². The van der Waals surface area contributed by atoms with Gasteiger partial charge in [-0.2, -0.15) is 0 Å². The molecule has 1 heterocycles. The Kier molecular flexibility index (Phi) is 4.53. The van der Waals surface area contributed by atoms with Crippen molar-refractivity contribution >= 4 is 10.0 Å². The van der Waals surface area contributed by atoms with E-state index >= 15 is 0 Å². The second-order valence-corrected chi connectivity index (χ2v) is 6.04. The van der Waals surface area contributed by atoms with Gasteiger partial charge in [-0.3, -0.25) is 0 Å². The number of nitrogens with two attached hydrogens (primary N) is 1. The largest absolute Gasteiger partial charge is 0.360 e. The molecular weight excluding hydrogens is 278 g/mol. The van der Waals surface area contributed by atoms with Gasteiger partial charge < -0.3 is 10.3 Å². The number of nitrogens with one attached hydrogen (secondary N) is 1. The first-order valence-electron chi connectivity index (χ1n) is 6.28. The molecule has 0 amide bonds. The highest BCUT2D eigenvalue weighted by molar-refractivity contribution is 7.89. The van der Waals surface area contributed by atoms with Crippen molar-refractivity contribution in [2.45, 2.75) is 31.3 Å². The fraction of sp³-hybridized carbons (Fsp3) is 0.308. The highest BCUT2D eigenvalue weighted by atomic mass is 32.2. The second kappa shape index (κ2) is 6.17. The SMILES string of the molecule is CCc1ccc(CN)cc1S(=O)(=O)NCc1ccno1. The maximum absolute atomic E-state index is 12.4. The fourth-order valence-electron chi connectivity index (χ4n) is 1.85. The summed E-state index contributed by atoms with van der Waals surface area (Å²) in [6.07, 6.45) is 2.10. The first-order valence-corrected chi connectivity index (χ1v) is 7.76. The molecule has 20 heavy (non-hydrogen) atoms. The molecule has 1 aromatic carbocycles. The normalized spacial score (nSPS) is 11.7. The Labute approximate surface area is 118 Å². The van der Waals surface area contributed by atoms with Gasteiger partial charge in [0.2, 0.25) is 10.0 Å². The summed E-state index contributed by atoms with van der Waals surface area (Å²) in [7, 11) is -3.61. The molecule has 0 aliphatic rings. The van der Waals surface area contributed by atoms with Crippen LogP contribution in [-0.4, -0.2) is 13.6 Å². The molecule has 0 aliphatic heterocycles. The summed E-state index contributed by atoms with van der Waals surface area (Å²) in [5.74, 6) is 0.460. The number of benzene rings is 1. The van der Waals surface area contributed by atoms with Crippen LogP contribution in [0, 0.1) is 0 Å². The Morgan fingerprint density at radius 1 is 1.35 bits per heavy atom. The molecule has 0 atom stereocenters. The Morgan fingerprint density at radius 2 is 2.15 bits per heavy atom. The monoisotopic (exact) mass is 295 g/mol. The average molecular weight is 295 g/mol. The lowest BCUT2D eigenvalue weighted by atomic mass is 10.1. The zero-order valence-corrected chi connectivity index (χ0v) is 12.0. The van der Waals surface area contributed by atoms with Crippen LogP contribution in [0.2, 0.25) is 0 Å². The van der Waals surface area contributed by atoms with E-state index in [1.54, 1.807) is 18.2 Å². The lowest BCUT2D eigenvalue weighted by molar-refractivity contribution is 0.380. The number of hydrogen-bond donors (Lipinski definition) is 2. The summed E-state index contributed by atoms with van der Waals surface area (Å²) in [6.45, 7) is 2.28. The van der Waals surface area contributed by atoms with Crippen molar-refractivity contribution in [3.63, 3.8) is 0 Å². The number of aryl methyl sites for hydroxylation is 1. The minimum Gasteiger partial charge on any atom is -0.360 e. The molecule has 0 aliphatic carbocycles. The number of rotatable bonds is 6. The summed E-state index contributed by atoms with van der Waals surface area (Å²) in [6, 6.07) is 6.86. The van der Waals surface area contributed by atoms with Crippen LogP contribution in [0.5, 0.6) is 0 Å². The smallest absolute Gasteiger partial charge is 0.241 e. The van der Waals surface area contributed by atoms with Crippen molar-refractivity contribution in [3.05, 3.63) is 47.3 Å². The highest BCUT2D eigenvalue weighted by Crippen LogP contribution is 2.18. The second-order valence-electron chi connectivity index (χ2n) is 4.30. The topological polar surface area (TPSA) is 98.2 Å². The molecule has 2 aromatic rings. The molecule has 0 unspecified atom stereocenters. The zero-order chi connectivity index (χ0) is 14.6. The van der Waals surface area contributed by atoms with Crippen LogP contribution in [0.1, 0.15) is 23.8 Å². The highest BCUT2D eigenvalue weighted by Gasteiger charge is 2.18. The Balaban J connectivity index is 2.28. The zero-order valence-electron chi connectivity index (χ0n) is 11.2.